The molecule has 0 spiro atoms. The van der Waals surface area contributed by atoms with Crippen molar-refractivity contribution >= 4 is 11.8 Å². The van der Waals surface area contributed by atoms with E-state index in [-0.39, 0.29) is 0 Å². The average molecular weight is 301 g/mol. The van der Waals surface area contributed by atoms with E-state index in [4.69, 9.17) is 0 Å². The van der Waals surface area contributed by atoms with Gasteiger partial charge in [0.15, 0.2) is 0 Å². The molecule has 4 heteroatoms. The molecule has 0 aliphatic carbocycles. The molecule has 0 radical (unpaired) electrons. The summed E-state index contributed by atoms with van der Waals surface area (Å²) in [6, 6.07) is 12.4. The lowest BCUT2D eigenvalue weighted by Gasteiger charge is -2.16. The minimum atomic E-state index is 0.946. The Morgan fingerprint density at radius 2 is 1.76 bits per heavy atom. The molecule has 0 saturated carbocycles. The van der Waals surface area contributed by atoms with E-state index in [9.17, 15) is 0 Å². The van der Waals surface area contributed by atoms with Crippen LogP contribution >= 0.6 is 11.8 Å². The highest BCUT2D eigenvalue weighted by molar-refractivity contribution is 7.99. The zero-order valence-electron chi connectivity index (χ0n) is 13.0. The SMILES string of the molecule is CCN(CC)CCSc1ccc(-c2ccccc2C)nn1. The number of aromatic nitrogens is 2. The van der Waals surface area contributed by atoms with E-state index in [0.29, 0.717) is 0 Å². The van der Waals surface area contributed by atoms with Gasteiger partial charge in [-0.2, -0.15) is 0 Å². The summed E-state index contributed by atoms with van der Waals surface area (Å²) in [6.07, 6.45) is 0. The molecule has 3 nitrogen and oxygen atoms in total. The van der Waals surface area contributed by atoms with Crippen LogP contribution in [0.2, 0.25) is 0 Å². The zero-order valence-corrected chi connectivity index (χ0v) is 13.9. The van der Waals surface area contributed by atoms with Crippen molar-refractivity contribution < 1.29 is 0 Å². The number of benzene rings is 1. The maximum Gasteiger partial charge on any atom is 0.119 e. The van der Waals surface area contributed by atoms with E-state index in [1.165, 1.54) is 5.56 Å². The van der Waals surface area contributed by atoms with Crippen LogP contribution in [0.5, 0.6) is 0 Å². The minimum absolute atomic E-state index is 0.946. The van der Waals surface area contributed by atoms with Gasteiger partial charge in [-0.15, -0.1) is 22.0 Å². The van der Waals surface area contributed by atoms with Gasteiger partial charge < -0.3 is 4.90 Å². The van der Waals surface area contributed by atoms with E-state index in [2.05, 4.69) is 60.1 Å². The molecule has 0 saturated heterocycles. The maximum atomic E-state index is 4.36. The Morgan fingerprint density at radius 3 is 2.38 bits per heavy atom. The molecule has 0 bridgehead atoms. The normalized spacial score (nSPS) is 11.0. The Labute approximate surface area is 131 Å². The molecule has 2 aromatic rings. The first kappa shape index (κ1) is 16.0. The van der Waals surface area contributed by atoms with Gasteiger partial charge in [-0.25, -0.2) is 0 Å². The number of thioether (sulfide) groups is 1. The summed E-state index contributed by atoms with van der Waals surface area (Å²) >= 11 is 1.77. The monoisotopic (exact) mass is 301 g/mol. The molecule has 112 valence electrons. The number of nitrogens with zero attached hydrogens (tertiary/aromatic N) is 3. The van der Waals surface area contributed by atoms with E-state index in [1.54, 1.807) is 11.8 Å². The molecule has 0 amide bonds. The lowest BCUT2D eigenvalue weighted by molar-refractivity contribution is 0.324. The van der Waals surface area contributed by atoms with Crippen LogP contribution in [0.1, 0.15) is 19.4 Å². The first-order valence-electron chi connectivity index (χ1n) is 7.49. The summed E-state index contributed by atoms with van der Waals surface area (Å²) in [5.74, 6) is 1.06. The van der Waals surface area contributed by atoms with Gasteiger partial charge in [0.1, 0.15) is 5.03 Å². The first-order chi connectivity index (χ1) is 10.2. The maximum absolute atomic E-state index is 4.36. The summed E-state index contributed by atoms with van der Waals surface area (Å²) in [6.45, 7) is 9.81. The van der Waals surface area contributed by atoms with Crippen molar-refractivity contribution in [3.63, 3.8) is 0 Å². The largest absolute Gasteiger partial charge is 0.303 e. The van der Waals surface area contributed by atoms with Crippen LogP contribution in [0.4, 0.5) is 0 Å². The third-order valence-corrected chi connectivity index (χ3v) is 4.51. The fourth-order valence-electron chi connectivity index (χ4n) is 2.22. The highest BCUT2D eigenvalue weighted by atomic mass is 32.2. The summed E-state index contributed by atoms with van der Waals surface area (Å²) in [5.41, 5.74) is 3.33. The van der Waals surface area contributed by atoms with Gasteiger partial charge >= 0.3 is 0 Å². The Kier molecular flexibility index (Phi) is 6.21. The molecule has 1 heterocycles. The fourth-order valence-corrected chi connectivity index (χ4v) is 3.04. The van der Waals surface area contributed by atoms with Crippen LogP contribution in [0.15, 0.2) is 41.4 Å². The molecule has 1 aromatic carbocycles. The van der Waals surface area contributed by atoms with E-state index in [0.717, 1.165) is 41.7 Å². The Bertz CT molecular complexity index is 550. The molecule has 0 unspecified atom stereocenters. The van der Waals surface area contributed by atoms with E-state index < -0.39 is 0 Å². The zero-order chi connectivity index (χ0) is 15.1. The molecule has 0 fully saturated rings. The second-order valence-corrected chi connectivity index (χ2v) is 6.06. The quantitative estimate of drug-likeness (QED) is 0.726. The van der Waals surface area contributed by atoms with Crippen molar-refractivity contribution in [2.75, 3.05) is 25.4 Å². The highest BCUT2D eigenvalue weighted by Crippen LogP contribution is 2.22. The van der Waals surface area contributed by atoms with Gasteiger partial charge in [0, 0.05) is 17.9 Å². The molecule has 2 rings (SSSR count). The predicted octanol–water partition coefficient (Wildman–Crippen LogP) is 3.89. The molecular formula is C17H23N3S. The fraction of sp³-hybridized carbons (Fsp3) is 0.412. The summed E-state index contributed by atoms with van der Waals surface area (Å²) in [4.78, 5) is 2.42. The van der Waals surface area contributed by atoms with Gasteiger partial charge in [0.05, 0.1) is 5.69 Å². The van der Waals surface area contributed by atoms with Crippen LogP contribution < -0.4 is 0 Å². The summed E-state index contributed by atoms with van der Waals surface area (Å²) in [7, 11) is 0. The number of aryl methyl sites for hydroxylation is 1. The van der Waals surface area contributed by atoms with E-state index in [1.807, 2.05) is 12.1 Å². The lowest BCUT2D eigenvalue weighted by atomic mass is 10.1. The molecular weight excluding hydrogens is 278 g/mol. The van der Waals surface area contributed by atoms with E-state index >= 15 is 0 Å². The second kappa shape index (κ2) is 8.15. The first-order valence-corrected chi connectivity index (χ1v) is 8.48. The topological polar surface area (TPSA) is 29.0 Å². The van der Waals surface area contributed by atoms with Crippen LogP contribution in [-0.2, 0) is 0 Å². The van der Waals surface area contributed by atoms with Crippen molar-refractivity contribution in [1.82, 2.24) is 15.1 Å². The molecule has 0 aliphatic heterocycles. The lowest BCUT2D eigenvalue weighted by Crippen LogP contribution is -2.25. The Morgan fingerprint density at radius 1 is 1.00 bits per heavy atom. The van der Waals surface area contributed by atoms with Crippen LogP contribution in [-0.4, -0.2) is 40.5 Å². The van der Waals surface area contributed by atoms with Crippen molar-refractivity contribution in [2.24, 2.45) is 0 Å². The van der Waals surface area contributed by atoms with Crippen LogP contribution in [0, 0.1) is 6.92 Å². The molecule has 0 atom stereocenters. The van der Waals surface area contributed by atoms with Gasteiger partial charge in [-0.05, 0) is 37.7 Å². The molecule has 21 heavy (non-hydrogen) atoms. The van der Waals surface area contributed by atoms with Crippen molar-refractivity contribution in [3.05, 3.63) is 42.0 Å². The highest BCUT2D eigenvalue weighted by Gasteiger charge is 2.05. The molecule has 1 aromatic heterocycles. The standard InChI is InChI=1S/C17H23N3S/c1-4-20(5-2)12-13-21-17-11-10-16(18-19-17)15-9-7-6-8-14(15)3/h6-11H,4-5,12-13H2,1-3H3. The van der Waals surface area contributed by atoms with Crippen molar-refractivity contribution in [1.29, 1.82) is 0 Å². The summed E-state index contributed by atoms with van der Waals surface area (Å²) in [5, 5.41) is 9.70. The van der Waals surface area contributed by atoms with Gasteiger partial charge in [0.25, 0.3) is 0 Å². The second-order valence-electron chi connectivity index (χ2n) is 4.95. The van der Waals surface area contributed by atoms with Gasteiger partial charge in [-0.1, -0.05) is 38.1 Å². The Hall–Kier alpha value is -1.39. The van der Waals surface area contributed by atoms with Gasteiger partial charge in [0.2, 0.25) is 0 Å². The minimum Gasteiger partial charge on any atom is -0.303 e. The Balaban J connectivity index is 1.95. The van der Waals surface area contributed by atoms with Crippen molar-refractivity contribution in [2.45, 2.75) is 25.8 Å². The van der Waals surface area contributed by atoms with Crippen molar-refractivity contribution in [3.8, 4) is 11.3 Å². The van der Waals surface area contributed by atoms with Crippen LogP contribution in [0.3, 0.4) is 0 Å². The number of hydrogen-bond donors (Lipinski definition) is 0. The molecule has 0 aliphatic rings. The number of hydrogen-bond acceptors (Lipinski definition) is 4. The predicted molar refractivity (Wildman–Crippen MR) is 90.7 cm³/mol. The third-order valence-electron chi connectivity index (χ3n) is 3.61. The average Bonchev–Trinajstić information content (AvgIpc) is 2.53. The van der Waals surface area contributed by atoms with Gasteiger partial charge in [-0.3, -0.25) is 0 Å². The molecule has 0 N–H and O–H groups in total. The third kappa shape index (κ3) is 4.55. The van der Waals surface area contributed by atoms with Crippen LogP contribution in [0.25, 0.3) is 11.3 Å². The summed E-state index contributed by atoms with van der Waals surface area (Å²) < 4.78 is 0. The smallest absolute Gasteiger partial charge is 0.119 e. The number of rotatable bonds is 7.